The zero-order valence-corrected chi connectivity index (χ0v) is 12.6. The maximum absolute atomic E-state index is 12.1. The summed E-state index contributed by atoms with van der Waals surface area (Å²) in [5.74, 6) is 0.683. The van der Waals surface area contributed by atoms with Crippen LogP contribution < -0.4 is 5.32 Å². The van der Waals surface area contributed by atoms with Crippen LogP contribution in [-0.4, -0.2) is 42.3 Å². The van der Waals surface area contributed by atoms with Crippen molar-refractivity contribution in [2.75, 3.05) is 13.2 Å². The predicted octanol–water partition coefficient (Wildman–Crippen LogP) is 2.69. The van der Waals surface area contributed by atoms with E-state index in [0.29, 0.717) is 30.7 Å². The van der Waals surface area contributed by atoms with Gasteiger partial charge in [-0.3, -0.25) is 0 Å². The van der Waals surface area contributed by atoms with Crippen LogP contribution in [0.5, 0.6) is 0 Å². The van der Waals surface area contributed by atoms with Crippen LogP contribution >= 0.6 is 0 Å². The molecule has 0 aromatic carbocycles. The van der Waals surface area contributed by atoms with Crippen molar-refractivity contribution in [1.82, 2.24) is 10.2 Å². The number of rotatable bonds is 2. The molecule has 2 fully saturated rings. The highest BCUT2D eigenvalue weighted by atomic mass is 16.6. The van der Waals surface area contributed by atoms with Gasteiger partial charge in [0.05, 0.1) is 6.61 Å². The van der Waals surface area contributed by atoms with Crippen LogP contribution in [0.15, 0.2) is 11.6 Å². The summed E-state index contributed by atoms with van der Waals surface area (Å²) in [4.78, 5) is 14.1. The smallest absolute Gasteiger partial charge is 0.410 e. The molecule has 112 valence electrons. The van der Waals surface area contributed by atoms with E-state index in [1.54, 1.807) is 5.57 Å². The Morgan fingerprint density at radius 2 is 2.10 bits per heavy atom. The van der Waals surface area contributed by atoms with Crippen molar-refractivity contribution in [2.24, 2.45) is 5.92 Å². The van der Waals surface area contributed by atoms with Crippen molar-refractivity contribution in [3.8, 4) is 0 Å². The van der Waals surface area contributed by atoms with Crippen LogP contribution in [-0.2, 0) is 4.74 Å². The highest BCUT2D eigenvalue weighted by Gasteiger charge is 2.44. The highest BCUT2D eigenvalue weighted by molar-refractivity contribution is 5.69. The van der Waals surface area contributed by atoms with Gasteiger partial charge in [0.15, 0.2) is 0 Å². The molecule has 3 atom stereocenters. The minimum absolute atomic E-state index is 0.0916. The van der Waals surface area contributed by atoms with Gasteiger partial charge in [0.1, 0.15) is 0 Å². The normalized spacial score (nSPS) is 36.7. The van der Waals surface area contributed by atoms with Gasteiger partial charge >= 0.3 is 6.09 Å². The van der Waals surface area contributed by atoms with Crippen LogP contribution in [0.25, 0.3) is 0 Å². The van der Waals surface area contributed by atoms with Gasteiger partial charge in [-0.05, 0) is 51.9 Å². The van der Waals surface area contributed by atoms with Gasteiger partial charge in [0, 0.05) is 24.7 Å². The van der Waals surface area contributed by atoms with E-state index in [1.807, 2.05) is 11.8 Å². The number of nitrogens with zero attached hydrogens (tertiary/aromatic N) is 1. The Morgan fingerprint density at radius 3 is 2.70 bits per heavy atom. The lowest BCUT2D eigenvalue weighted by Crippen LogP contribution is -2.47. The number of ether oxygens (including phenoxy) is 1. The second-order valence-electron chi connectivity index (χ2n) is 6.45. The van der Waals surface area contributed by atoms with E-state index in [9.17, 15) is 4.79 Å². The Morgan fingerprint density at radius 1 is 1.40 bits per heavy atom. The average molecular weight is 278 g/mol. The lowest BCUT2D eigenvalue weighted by atomic mass is 9.81. The van der Waals surface area contributed by atoms with Crippen molar-refractivity contribution >= 4 is 6.09 Å². The van der Waals surface area contributed by atoms with Gasteiger partial charge in [-0.2, -0.15) is 0 Å². The summed E-state index contributed by atoms with van der Waals surface area (Å²) >= 11 is 0. The molecule has 20 heavy (non-hydrogen) atoms. The third kappa shape index (κ3) is 2.58. The lowest BCUT2D eigenvalue weighted by Gasteiger charge is -2.40. The number of fused-ring (bicyclic) bond motifs is 2. The van der Waals surface area contributed by atoms with Crippen molar-refractivity contribution in [3.63, 3.8) is 0 Å². The SMILES string of the molecule is CCOC(=O)N1[C@@H]2CC[C@@H]1CC(C1=CCN[C@@H](C)C1)C2. The summed E-state index contributed by atoms with van der Waals surface area (Å²) < 4.78 is 5.22. The first-order valence-corrected chi connectivity index (χ1v) is 8.06. The third-order valence-electron chi connectivity index (χ3n) is 5.11. The summed E-state index contributed by atoms with van der Waals surface area (Å²) in [5, 5.41) is 3.47. The molecule has 3 rings (SSSR count). The molecule has 4 nitrogen and oxygen atoms in total. The van der Waals surface area contributed by atoms with E-state index < -0.39 is 0 Å². The number of hydrogen-bond donors (Lipinski definition) is 1. The van der Waals surface area contributed by atoms with Crippen molar-refractivity contribution in [1.29, 1.82) is 0 Å². The fourth-order valence-corrected chi connectivity index (χ4v) is 4.21. The van der Waals surface area contributed by atoms with Crippen LogP contribution in [0.2, 0.25) is 0 Å². The molecule has 1 N–H and O–H groups in total. The van der Waals surface area contributed by atoms with Crippen LogP contribution in [0.3, 0.4) is 0 Å². The first kappa shape index (κ1) is 13.9. The molecule has 0 spiro atoms. The molecule has 0 saturated carbocycles. The van der Waals surface area contributed by atoms with Crippen LogP contribution in [0, 0.1) is 5.92 Å². The molecule has 0 unspecified atom stereocenters. The number of carbonyl (C=O) groups excluding carboxylic acids is 1. The molecule has 3 aliphatic rings. The third-order valence-corrected chi connectivity index (χ3v) is 5.11. The fourth-order valence-electron chi connectivity index (χ4n) is 4.21. The predicted molar refractivity (Wildman–Crippen MR) is 78.6 cm³/mol. The number of piperidine rings is 1. The molecule has 0 aliphatic carbocycles. The van der Waals surface area contributed by atoms with Gasteiger partial charge in [0.2, 0.25) is 0 Å². The maximum atomic E-state index is 12.1. The number of amides is 1. The topological polar surface area (TPSA) is 41.6 Å². The lowest BCUT2D eigenvalue weighted by molar-refractivity contribution is 0.0641. The molecule has 2 saturated heterocycles. The highest BCUT2D eigenvalue weighted by Crippen LogP contribution is 2.42. The molecule has 0 radical (unpaired) electrons. The van der Waals surface area contributed by atoms with Crippen molar-refractivity contribution in [2.45, 2.75) is 64.1 Å². The van der Waals surface area contributed by atoms with E-state index in [2.05, 4.69) is 18.3 Å². The van der Waals surface area contributed by atoms with Gasteiger partial charge in [0.25, 0.3) is 0 Å². The van der Waals surface area contributed by atoms with Crippen molar-refractivity contribution in [3.05, 3.63) is 11.6 Å². The fraction of sp³-hybridized carbons (Fsp3) is 0.812. The summed E-state index contributed by atoms with van der Waals surface area (Å²) in [6, 6.07) is 1.41. The Hall–Kier alpha value is -1.03. The molecular formula is C16H26N2O2. The Kier molecular flexibility index (Phi) is 4.01. The molecule has 1 amide bonds. The first-order chi connectivity index (χ1) is 9.69. The molecule has 3 heterocycles. The molecule has 3 aliphatic heterocycles. The Balaban J connectivity index is 1.67. The van der Waals surface area contributed by atoms with E-state index in [1.165, 1.54) is 6.42 Å². The van der Waals surface area contributed by atoms with Gasteiger partial charge in [-0.1, -0.05) is 11.6 Å². The number of nitrogens with one attached hydrogen (secondary N) is 1. The minimum atomic E-state index is -0.0916. The van der Waals surface area contributed by atoms with E-state index in [4.69, 9.17) is 4.74 Å². The maximum Gasteiger partial charge on any atom is 0.410 e. The van der Waals surface area contributed by atoms with Gasteiger partial charge in [-0.15, -0.1) is 0 Å². The summed E-state index contributed by atoms with van der Waals surface area (Å²) in [6.45, 7) is 5.62. The van der Waals surface area contributed by atoms with E-state index in [0.717, 1.165) is 32.2 Å². The molecule has 4 heteroatoms. The standard InChI is InChI=1S/C16H26N2O2/c1-3-20-16(19)18-14-4-5-15(18)10-13(9-14)12-6-7-17-11(2)8-12/h6,11,13-15,17H,3-5,7-10H2,1-2H3/t11-,14+,15+/m0/s1. The van der Waals surface area contributed by atoms with Crippen LogP contribution in [0.1, 0.15) is 46.0 Å². The zero-order chi connectivity index (χ0) is 14.1. The van der Waals surface area contributed by atoms with Gasteiger partial charge in [-0.25, -0.2) is 4.79 Å². The second kappa shape index (κ2) is 5.76. The van der Waals surface area contributed by atoms with Gasteiger partial charge < -0.3 is 15.0 Å². The summed E-state index contributed by atoms with van der Waals surface area (Å²) in [5.41, 5.74) is 1.62. The average Bonchev–Trinajstić information content (AvgIpc) is 2.70. The second-order valence-corrected chi connectivity index (χ2v) is 6.45. The Labute approximate surface area is 121 Å². The first-order valence-electron chi connectivity index (χ1n) is 8.06. The minimum Gasteiger partial charge on any atom is -0.450 e. The Bertz CT molecular complexity index is 393. The molecule has 0 aromatic rings. The molecular weight excluding hydrogens is 252 g/mol. The van der Waals surface area contributed by atoms with Crippen LogP contribution in [0.4, 0.5) is 4.79 Å². The molecule has 0 aromatic heterocycles. The van der Waals surface area contributed by atoms with E-state index in [-0.39, 0.29) is 6.09 Å². The molecule has 2 bridgehead atoms. The zero-order valence-electron chi connectivity index (χ0n) is 12.6. The monoisotopic (exact) mass is 278 g/mol. The largest absolute Gasteiger partial charge is 0.450 e. The summed E-state index contributed by atoms with van der Waals surface area (Å²) in [7, 11) is 0. The number of hydrogen-bond acceptors (Lipinski definition) is 3. The number of carbonyl (C=O) groups is 1. The van der Waals surface area contributed by atoms with Crippen molar-refractivity contribution < 1.29 is 9.53 Å². The summed E-state index contributed by atoms with van der Waals surface area (Å²) in [6.07, 6.45) is 8.03. The van der Waals surface area contributed by atoms with E-state index >= 15 is 0 Å². The quantitative estimate of drug-likeness (QED) is 0.790.